The first-order valence-corrected chi connectivity index (χ1v) is 10.6. The maximum atomic E-state index is 11.4. The highest BCUT2D eigenvalue weighted by molar-refractivity contribution is 6.36. The van der Waals surface area contributed by atoms with E-state index in [2.05, 4.69) is 27.8 Å². The largest absolute Gasteiger partial charge is 0.399 e. The Hall–Kier alpha value is -3.03. The predicted octanol–water partition coefficient (Wildman–Crippen LogP) is 3.51. The lowest BCUT2D eigenvalue weighted by Gasteiger charge is -2.26. The molecule has 0 bridgehead atoms. The molecule has 172 valence electrons. The van der Waals surface area contributed by atoms with Gasteiger partial charge in [-0.15, -0.1) is 0 Å². The van der Waals surface area contributed by atoms with E-state index in [4.69, 9.17) is 14.4 Å². The number of carbonyl (C=O) groups excluding carboxylic acids is 1. The predicted molar refractivity (Wildman–Crippen MR) is 127 cm³/mol. The van der Waals surface area contributed by atoms with E-state index >= 15 is 0 Å². The number of hydrogen-bond donors (Lipinski definition) is 1. The molecule has 1 N–H and O–H groups in total. The molecule has 1 fully saturated rings. The van der Waals surface area contributed by atoms with Gasteiger partial charge in [0.05, 0.1) is 18.9 Å². The standard InChI is InChI=1S/C23H26N2O4.C2H7N/c1-16-6-4-9-21(23(12-26)25-27-3)22(16)15-29-24-17(2)20-8-5-7-18(11-20)10-19-13-28-14-19;1-3-2/h4-9,11-12,19H,10,13-15H2,1-3H3;3H,1-2H3/b24-17+,25-23-;. The molecule has 1 saturated heterocycles. The van der Waals surface area contributed by atoms with Crippen LogP contribution in [0.1, 0.15) is 34.7 Å². The van der Waals surface area contributed by atoms with E-state index in [0.29, 0.717) is 17.8 Å². The van der Waals surface area contributed by atoms with Crippen LogP contribution in [0.25, 0.3) is 0 Å². The van der Waals surface area contributed by atoms with Gasteiger partial charge in [-0.25, -0.2) is 0 Å². The molecule has 7 heteroatoms. The fourth-order valence-electron chi connectivity index (χ4n) is 3.27. The molecule has 7 nitrogen and oxygen atoms in total. The van der Waals surface area contributed by atoms with Crippen molar-refractivity contribution in [2.24, 2.45) is 16.2 Å². The van der Waals surface area contributed by atoms with E-state index in [0.717, 1.165) is 42.0 Å². The summed E-state index contributed by atoms with van der Waals surface area (Å²) < 4.78 is 5.26. The maximum Gasteiger partial charge on any atom is 0.172 e. The summed E-state index contributed by atoms with van der Waals surface area (Å²) >= 11 is 0. The van der Waals surface area contributed by atoms with Gasteiger partial charge in [0.1, 0.15) is 19.4 Å². The van der Waals surface area contributed by atoms with Crippen molar-refractivity contribution in [1.29, 1.82) is 0 Å². The van der Waals surface area contributed by atoms with Crippen LogP contribution in [0.3, 0.4) is 0 Å². The minimum Gasteiger partial charge on any atom is -0.399 e. The van der Waals surface area contributed by atoms with Crippen LogP contribution in [0.15, 0.2) is 52.8 Å². The quantitative estimate of drug-likeness (QED) is 0.367. The van der Waals surface area contributed by atoms with Crippen molar-refractivity contribution in [3.8, 4) is 0 Å². The molecule has 32 heavy (non-hydrogen) atoms. The second-order valence-electron chi connectivity index (χ2n) is 7.64. The van der Waals surface area contributed by atoms with Crippen LogP contribution >= 0.6 is 0 Å². The van der Waals surface area contributed by atoms with Gasteiger partial charge in [-0.3, -0.25) is 4.79 Å². The molecule has 1 heterocycles. The van der Waals surface area contributed by atoms with Gasteiger partial charge in [0, 0.05) is 17.0 Å². The van der Waals surface area contributed by atoms with E-state index in [-0.39, 0.29) is 12.3 Å². The van der Waals surface area contributed by atoms with Gasteiger partial charge in [0.25, 0.3) is 0 Å². The zero-order valence-electron chi connectivity index (χ0n) is 19.6. The van der Waals surface area contributed by atoms with E-state index in [1.165, 1.54) is 12.7 Å². The van der Waals surface area contributed by atoms with Crippen molar-refractivity contribution < 1.29 is 19.2 Å². The van der Waals surface area contributed by atoms with Crippen LogP contribution in [0, 0.1) is 12.8 Å². The summed E-state index contributed by atoms with van der Waals surface area (Å²) in [5, 5.41) is 10.8. The van der Waals surface area contributed by atoms with E-state index in [9.17, 15) is 4.79 Å². The second-order valence-corrected chi connectivity index (χ2v) is 7.64. The Kier molecular flexibility index (Phi) is 10.6. The zero-order chi connectivity index (χ0) is 23.3. The van der Waals surface area contributed by atoms with Gasteiger partial charge in [0.2, 0.25) is 0 Å². The molecule has 0 atom stereocenters. The molecule has 0 unspecified atom stereocenters. The molecule has 3 rings (SSSR count). The van der Waals surface area contributed by atoms with Crippen LogP contribution in [0.5, 0.6) is 0 Å². The van der Waals surface area contributed by atoms with Crippen LogP contribution in [0.2, 0.25) is 0 Å². The Morgan fingerprint density at radius 1 is 1.19 bits per heavy atom. The van der Waals surface area contributed by atoms with Gasteiger partial charge in [-0.2, -0.15) is 0 Å². The minimum atomic E-state index is 0.225. The highest BCUT2D eigenvalue weighted by atomic mass is 16.6. The van der Waals surface area contributed by atoms with Gasteiger partial charge >= 0.3 is 0 Å². The molecule has 0 radical (unpaired) electrons. The average Bonchev–Trinajstić information content (AvgIpc) is 2.76. The number of hydrogen-bond acceptors (Lipinski definition) is 7. The summed E-state index contributed by atoms with van der Waals surface area (Å²) in [6.07, 6.45) is 1.69. The first kappa shape index (κ1) is 25.2. The number of aryl methyl sites for hydroxylation is 1. The number of nitrogens with one attached hydrogen (secondary N) is 1. The fourth-order valence-corrected chi connectivity index (χ4v) is 3.27. The average molecular weight is 440 g/mol. The Morgan fingerprint density at radius 3 is 2.53 bits per heavy atom. The molecule has 1 aliphatic rings. The molecule has 0 saturated carbocycles. The molecule has 0 amide bonds. The van der Waals surface area contributed by atoms with Crippen molar-refractivity contribution in [1.82, 2.24) is 5.32 Å². The highest BCUT2D eigenvalue weighted by Crippen LogP contribution is 2.19. The number of ether oxygens (including phenoxy) is 1. The SMILES string of the molecule is CNC.CO/N=C(/C=O)c1cccc(C)c1CO/N=C(\C)c1cccc(CC2COC2)c1. The molecule has 1 aliphatic heterocycles. The first-order chi connectivity index (χ1) is 15.5. The van der Waals surface area contributed by atoms with Crippen molar-refractivity contribution in [2.45, 2.75) is 26.9 Å². The number of aldehydes is 1. The van der Waals surface area contributed by atoms with Crippen LogP contribution < -0.4 is 5.32 Å². The van der Waals surface area contributed by atoms with Crippen molar-refractivity contribution >= 4 is 17.7 Å². The van der Waals surface area contributed by atoms with Gasteiger partial charge in [-0.1, -0.05) is 46.7 Å². The third-order valence-electron chi connectivity index (χ3n) is 4.97. The summed E-state index contributed by atoms with van der Waals surface area (Å²) in [6.45, 7) is 5.80. The normalized spacial score (nSPS) is 14.2. The lowest BCUT2D eigenvalue weighted by atomic mass is 9.96. The van der Waals surface area contributed by atoms with Crippen molar-refractivity contribution in [3.63, 3.8) is 0 Å². The van der Waals surface area contributed by atoms with E-state index < -0.39 is 0 Å². The van der Waals surface area contributed by atoms with E-state index in [1.807, 2.05) is 58.3 Å². The topological polar surface area (TPSA) is 81.5 Å². The zero-order valence-corrected chi connectivity index (χ0v) is 19.6. The lowest BCUT2D eigenvalue weighted by molar-refractivity contribution is -0.102. The van der Waals surface area contributed by atoms with Crippen LogP contribution in [-0.4, -0.2) is 52.1 Å². The summed E-state index contributed by atoms with van der Waals surface area (Å²) in [6, 6.07) is 14.0. The smallest absolute Gasteiger partial charge is 0.172 e. The van der Waals surface area contributed by atoms with Crippen molar-refractivity contribution in [2.75, 3.05) is 34.4 Å². The fraction of sp³-hybridized carbons (Fsp3) is 0.400. The third kappa shape index (κ3) is 7.28. The number of nitrogens with zero attached hydrogens (tertiary/aromatic N) is 2. The molecule has 2 aromatic rings. The van der Waals surface area contributed by atoms with Crippen LogP contribution in [0.4, 0.5) is 0 Å². The van der Waals surface area contributed by atoms with Gasteiger partial charge < -0.3 is 19.7 Å². The molecule has 0 aromatic heterocycles. The summed E-state index contributed by atoms with van der Waals surface area (Å²) in [5.41, 5.74) is 5.85. The molecule has 0 aliphatic carbocycles. The Labute approximate surface area is 190 Å². The highest BCUT2D eigenvalue weighted by Gasteiger charge is 2.18. The number of benzene rings is 2. The second kappa shape index (κ2) is 13.4. The molecule has 0 spiro atoms. The Balaban J connectivity index is 0.00000114. The van der Waals surface area contributed by atoms with E-state index in [1.54, 1.807) is 0 Å². The number of carbonyl (C=O) groups is 1. The summed E-state index contributed by atoms with van der Waals surface area (Å²) in [5.74, 6) is 0.610. The first-order valence-electron chi connectivity index (χ1n) is 10.6. The monoisotopic (exact) mass is 439 g/mol. The molecular weight excluding hydrogens is 406 g/mol. The third-order valence-corrected chi connectivity index (χ3v) is 4.97. The minimum absolute atomic E-state index is 0.225. The lowest BCUT2D eigenvalue weighted by Crippen LogP contribution is -2.29. The molecule has 2 aromatic carbocycles. The Bertz CT molecular complexity index is 937. The summed E-state index contributed by atoms with van der Waals surface area (Å²) in [7, 11) is 5.16. The molecular formula is C25H33N3O4. The van der Waals surface area contributed by atoms with Crippen LogP contribution in [-0.2, 0) is 32.2 Å². The summed E-state index contributed by atoms with van der Waals surface area (Å²) in [4.78, 5) is 21.8. The van der Waals surface area contributed by atoms with Gasteiger partial charge in [-0.05, 0) is 57.1 Å². The number of rotatable bonds is 9. The Morgan fingerprint density at radius 2 is 1.91 bits per heavy atom. The van der Waals surface area contributed by atoms with Gasteiger partial charge in [0.15, 0.2) is 6.29 Å². The maximum absolute atomic E-state index is 11.4. The van der Waals surface area contributed by atoms with Crippen molar-refractivity contribution in [3.05, 3.63) is 70.3 Å². The number of oxime groups is 2.